The number of hydrogen-bond donors (Lipinski definition) is 0. The molecular weight excluding hydrogens is 332 g/mol. The zero-order chi connectivity index (χ0) is 16.7. The number of thiazole rings is 1. The van der Waals surface area contributed by atoms with E-state index in [1.165, 1.54) is 11.8 Å². The number of thioether (sulfide) groups is 1. The van der Waals surface area contributed by atoms with Crippen molar-refractivity contribution in [3.05, 3.63) is 47.3 Å². The van der Waals surface area contributed by atoms with Gasteiger partial charge in [-0.3, -0.25) is 4.79 Å². The van der Waals surface area contributed by atoms with E-state index in [9.17, 15) is 4.79 Å². The molecule has 0 unspecified atom stereocenters. The van der Waals surface area contributed by atoms with Gasteiger partial charge in [0.05, 0.1) is 22.9 Å². The van der Waals surface area contributed by atoms with Crippen molar-refractivity contribution in [1.29, 1.82) is 0 Å². The van der Waals surface area contributed by atoms with Gasteiger partial charge in [-0.05, 0) is 6.92 Å². The van der Waals surface area contributed by atoms with Crippen LogP contribution in [-0.2, 0) is 11.2 Å². The summed E-state index contributed by atoms with van der Waals surface area (Å²) in [5.74, 6) is 0.711. The van der Waals surface area contributed by atoms with Crippen molar-refractivity contribution in [2.24, 2.45) is 0 Å². The molecule has 2 aromatic rings. The molecule has 2 rings (SSSR count). The van der Waals surface area contributed by atoms with Crippen LogP contribution in [0.5, 0.6) is 0 Å². The van der Waals surface area contributed by atoms with E-state index in [4.69, 9.17) is 4.42 Å². The number of aromatic nitrogens is 3. The van der Waals surface area contributed by atoms with Crippen molar-refractivity contribution in [3.8, 4) is 0 Å². The molecule has 122 valence electrons. The first kappa shape index (κ1) is 17.4. The Kier molecular flexibility index (Phi) is 6.54. The van der Waals surface area contributed by atoms with E-state index in [2.05, 4.69) is 28.3 Å². The van der Waals surface area contributed by atoms with Gasteiger partial charge in [-0.25, -0.2) is 4.98 Å². The van der Waals surface area contributed by atoms with Crippen LogP contribution in [-0.4, -0.2) is 44.8 Å². The van der Waals surface area contributed by atoms with Gasteiger partial charge in [0.2, 0.25) is 11.8 Å². The van der Waals surface area contributed by atoms with Crippen molar-refractivity contribution in [3.63, 3.8) is 0 Å². The zero-order valence-corrected chi connectivity index (χ0v) is 14.5. The van der Waals surface area contributed by atoms with E-state index >= 15 is 0 Å². The number of rotatable bonds is 9. The highest BCUT2D eigenvalue weighted by Gasteiger charge is 2.14. The first-order chi connectivity index (χ1) is 11.1. The Morgan fingerprint density at radius 2 is 2.13 bits per heavy atom. The fourth-order valence-electron chi connectivity index (χ4n) is 1.82. The smallest absolute Gasteiger partial charge is 0.277 e. The maximum Gasteiger partial charge on any atom is 0.277 e. The van der Waals surface area contributed by atoms with Crippen molar-refractivity contribution < 1.29 is 9.21 Å². The second-order valence-corrected chi connectivity index (χ2v) is 6.65. The molecule has 0 aliphatic carbocycles. The lowest BCUT2D eigenvalue weighted by molar-refractivity contribution is -0.127. The summed E-state index contributed by atoms with van der Waals surface area (Å²) in [6.45, 7) is 10.2. The monoisotopic (exact) mass is 350 g/mol. The van der Waals surface area contributed by atoms with E-state index in [-0.39, 0.29) is 11.7 Å². The summed E-state index contributed by atoms with van der Waals surface area (Å²) in [6, 6.07) is 0. The standard InChI is InChI=1S/C15H18N4O2S2/c1-4-6-19(7-5-2)14(20)10-23-15-18-17-13(21-15)8-12-9-22-11(3)16-12/h4-5,9H,1-2,6-8,10H2,3H3. The lowest BCUT2D eigenvalue weighted by Gasteiger charge is -2.18. The number of aryl methyl sites for hydroxylation is 1. The van der Waals surface area contributed by atoms with Crippen LogP contribution in [0.4, 0.5) is 0 Å². The molecule has 0 saturated carbocycles. The van der Waals surface area contributed by atoms with Gasteiger partial charge in [-0.1, -0.05) is 23.9 Å². The molecule has 6 nitrogen and oxygen atoms in total. The van der Waals surface area contributed by atoms with Gasteiger partial charge in [-0.15, -0.1) is 34.7 Å². The molecule has 2 aromatic heterocycles. The van der Waals surface area contributed by atoms with Crippen LogP contribution in [0, 0.1) is 6.92 Å². The Hall–Kier alpha value is -1.93. The van der Waals surface area contributed by atoms with Gasteiger partial charge in [0.15, 0.2) is 0 Å². The minimum atomic E-state index is -0.0234. The highest BCUT2D eigenvalue weighted by molar-refractivity contribution is 7.99. The third kappa shape index (κ3) is 5.33. The number of amides is 1. The summed E-state index contributed by atoms with van der Waals surface area (Å²) in [5, 5.41) is 11.3. The van der Waals surface area contributed by atoms with Gasteiger partial charge in [-0.2, -0.15) is 0 Å². The van der Waals surface area contributed by atoms with E-state index in [0.29, 0.717) is 30.6 Å². The maximum absolute atomic E-state index is 12.1. The molecule has 0 fully saturated rings. The quantitative estimate of drug-likeness (QED) is 0.511. The summed E-state index contributed by atoms with van der Waals surface area (Å²) < 4.78 is 5.54. The van der Waals surface area contributed by atoms with E-state index in [0.717, 1.165) is 10.7 Å². The molecule has 8 heteroatoms. The molecule has 0 N–H and O–H groups in total. The third-order valence-electron chi connectivity index (χ3n) is 2.82. The topological polar surface area (TPSA) is 72.1 Å². The molecule has 0 aromatic carbocycles. The zero-order valence-electron chi connectivity index (χ0n) is 12.9. The van der Waals surface area contributed by atoms with Gasteiger partial charge in [0.1, 0.15) is 0 Å². The van der Waals surface area contributed by atoms with Crippen molar-refractivity contribution in [2.45, 2.75) is 18.6 Å². The van der Waals surface area contributed by atoms with E-state index in [1.54, 1.807) is 28.4 Å². The van der Waals surface area contributed by atoms with Gasteiger partial charge in [0, 0.05) is 18.5 Å². The molecule has 0 saturated heterocycles. The number of hydrogen-bond acceptors (Lipinski definition) is 7. The number of nitrogens with zero attached hydrogens (tertiary/aromatic N) is 4. The van der Waals surface area contributed by atoms with Crippen LogP contribution in [0.1, 0.15) is 16.6 Å². The second-order valence-electron chi connectivity index (χ2n) is 4.66. The largest absolute Gasteiger partial charge is 0.416 e. The van der Waals surface area contributed by atoms with Crippen LogP contribution in [0.3, 0.4) is 0 Å². The normalized spacial score (nSPS) is 10.5. The van der Waals surface area contributed by atoms with Gasteiger partial charge >= 0.3 is 0 Å². The van der Waals surface area contributed by atoms with Crippen molar-refractivity contribution in [2.75, 3.05) is 18.8 Å². The lowest BCUT2D eigenvalue weighted by atomic mass is 10.3. The molecule has 0 aliphatic heterocycles. The summed E-state index contributed by atoms with van der Waals surface area (Å²) >= 11 is 2.81. The van der Waals surface area contributed by atoms with E-state index in [1.807, 2.05) is 12.3 Å². The highest BCUT2D eigenvalue weighted by Crippen LogP contribution is 2.19. The first-order valence-corrected chi connectivity index (χ1v) is 8.84. The SMILES string of the molecule is C=CCN(CC=C)C(=O)CSc1nnc(Cc2csc(C)n2)o1. The average molecular weight is 350 g/mol. The first-order valence-electron chi connectivity index (χ1n) is 6.98. The van der Waals surface area contributed by atoms with Crippen LogP contribution in [0.25, 0.3) is 0 Å². The maximum atomic E-state index is 12.1. The van der Waals surface area contributed by atoms with Crippen LogP contribution in [0.15, 0.2) is 40.3 Å². The van der Waals surface area contributed by atoms with Crippen molar-refractivity contribution in [1.82, 2.24) is 20.1 Å². The number of carbonyl (C=O) groups excluding carboxylic acids is 1. The average Bonchev–Trinajstić information content (AvgIpc) is 3.14. The molecule has 0 radical (unpaired) electrons. The third-order valence-corrected chi connectivity index (χ3v) is 4.44. The molecule has 0 aliphatic rings. The minimum Gasteiger partial charge on any atom is -0.416 e. The molecule has 0 spiro atoms. The Balaban J connectivity index is 1.87. The Morgan fingerprint density at radius 3 is 2.74 bits per heavy atom. The fraction of sp³-hybridized carbons (Fsp3) is 0.333. The molecule has 0 bridgehead atoms. The Morgan fingerprint density at radius 1 is 1.39 bits per heavy atom. The van der Waals surface area contributed by atoms with Crippen LogP contribution < -0.4 is 0 Å². The molecule has 1 amide bonds. The summed E-state index contributed by atoms with van der Waals surface area (Å²) in [4.78, 5) is 18.1. The van der Waals surface area contributed by atoms with Gasteiger partial charge in [0.25, 0.3) is 5.22 Å². The highest BCUT2D eigenvalue weighted by atomic mass is 32.2. The predicted octanol–water partition coefficient (Wildman–Crippen LogP) is 2.72. The fourth-order valence-corrected chi connectivity index (χ4v) is 3.11. The Bertz CT molecular complexity index is 671. The van der Waals surface area contributed by atoms with Crippen molar-refractivity contribution >= 4 is 29.0 Å². The van der Waals surface area contributed by atoms with E-state index < -0.39 is 0 Å². The minimum absolute atomic E-state index is 0.0234. The molecule has 0 atom stereocenters. The van der Waals surface area contributed by atoms with Crippen LogP contribution in [0.2, 0.25) is 0 Å². The lowest BCUT2D eigenvalue weighted by Crippen LogP contribution is -2.32. The summed E-state index contributed by atoms with van der Waals surface area (Å²) in [5.41, 5.74) is 0.909. The Labute approximate surface area is 143 Å². The summed E-state index contributed by atoms with van der Waals surface area (Å²) in [6.07, 6.45) is 3.88. The molecule has 23 heavy (non-hydrogen) atoms. The second kappa shape index (κ2) is 8.64. The number of carbonyl (C=O) groups is 1. The molecule has 2 heterocycles. The molecular formula is C15H18N4O2S2. The summed E-state index contributed by atoms with van der Waals surface area (Å²) in [7, 11) is 0. The van der Waals surface area contributed by atoms with Crippen LogP contribution >= 0.6 is 23.1 Å². The van der Waals surface area contributed by atoms with Gasteiger partial charge < -0.3 is 9.32 Å². The predicted molar refractivity (Wildman–Crippen MR) is 91.7 cm³/mol.